The minimum absolute atomic E-state index is 0.210. The third-order valence-corrected chi connectivity index (χ3v) is 5.35. The molecule has 1 aromatic carbocycles. The second-order valence-corrected chi connectivity index (χ2v) is 7.88. The Morgan fingerprint density at radius 3 is 2.81 bits per heavy atom. The summed E-state index contributed by atoms with van der Waals surface area (Å²) in [6.45, 7) is 2.24. The minimum Gasteiger partial charge on any atom is -0.473 e. The summed E-state index contributed by atoms with van der Waals surface area (Å²) in [5.41, 5.74) is 2.84. The van der Waals surface area contributed by atoms with Gasteiger partial charge in [0.05, 0.1) is 18.9 Å². The van der Waals surface area contributed by atoms with E-state index in [1.807, 2.05) is 12.1 Å². The van der Waals surface area contributed by atoms with E-state index >= 15 is 0 Å². The monoisotopic (exact) mass is 452 g/mol. The first kappa shape index (κ1) is 20.2. The maximum atomic E-state index is 13.9. The molecule has 0 radical (unpaired) electrons. The summed E-state index contributed by atoms with van der Waals surface area (Å²) in [7, 11) is 0. The Morgan fingerprint density at radius 1 is 1.19 bits per heavy atom. The molecule has 4 heterocycles. The predicted octanol–water partition coefficient (Wildman–Crippen LogP) is 3.71. The van der Waals surface area contributed by atoms with Gasteiger partial charge in [0, 0.05) is 28.9 Å². The molecule has 2 N–H and O–H groups in total. The van der Waals surface area contributed by atoms with Crippen molar-refractivity contribution in [1.82, 2.24) is 24.9 Å². The van der Waals surface area contributed by atoms with E-state index in [1.54, 1.807) is 29.8 Å². The van der Waals surface area contributed by atoms with Crippen LogP contribution in [0.1, 0.15) is 22.8 Å². The number of nitrogens with one attached hydrogen (secondary N) is 2. The first-order chi connectivity index (χ1) is 15.5. The van der Waals surface area contributed by atoms with Gasteiger partial charge in [-0.3, -0.25) is 4.79 Å². The normalized spacial score (nSPS) is 16.2. The molecule has 0 spiro atoms. The van der Waals surface area contributed by atoms with Crippen molar-refractivity contribution in [2.24, 2.45) is 0 Å². The van der Waals surface area contributed by atoms with Gasteiger partial charge in [-0.05, 0) is 30.7 Å². The summed E-state index contributed by atoms with van der Waals surface area (Å²) in [6, 6.07) is 8.65. The van der Waals surface area contributed by atoms with E-state index in [1.165, 1.54) is 12.3 Å². The second kappa shape index (κ2) is 8.08. The van der Waals surface area contributed by atoms with Crippen molar-refractivity contribution in [3.8, 4) is 17.0 Å². The molecule has 4 aromatic rings. The molecule has 3 aromatic heterocycles. The Morgan fingerprint density at radius 2 is 2.00 bits per heavy atom. The van der Waals surface area contributed by atoms with Crippen LogP contribution in [0.3, 0.4) is 0 Å². The van der Waals surface area contributed by atoms with Gasteiger partial charge >= 0.3 is 0 Å². The number of ether oxygens (including phenoxy) is 1. The van der Waals surface area contributed by atoms with Gasteiger partial charge in [0.15, 0.2) is 5.65 Å². The van der Waals surface area contributed by atoms with Crippen molar-refractivity contribution in [1.29, 1.82) is 0 Å². The highest BCUT2D eigenvalue weighted by Gasteiger charge is 2.20. The summed E-state index contributed by atoms with van der Waals surface area (Å²) >= 11 is 6.05. The molecular formula is C22H18ClFN6O2. The third-order valence-electron chi connectivity index (χ3n) is 5.09. The SMILES string of the molecule is CC1CNC(=O)c2cnn3cc(-c4ccc(Cl)cc4)c(nc23)NCc2cc(F)cnc2O1. The molecule has 1 unspecified atom stereocenters. The van der Waals surface area contributed by atoms with Gasteiger partial charge in [-0.2, -0.15) is 5.10 Å². The van der Waals surface area contributed by atoms with Crippen LogP contribution < -0.4 is 15.4 Å². The Bertz CT molecular complexity index is 1320. The van der Waals surface area contributed by atoms with Crippen molar-refractivity contribution in [3.63, 3.8) is 0 Å². The highest BCUT2D eigenvalue weighted by atomic mass is 35.5. The topological polar surface area (TPSA) is 93.4 Å². The Labute approximate surface area is 187 Å². The number of anilines is 1. The molecule has 0 saturated heterocycles. The fraction of sp³-hybridized carbons (Fsp3) is 0.182. The van der Waals surface area contributed by atoms with Crippen molar-refractivity contribution < 1.29 is 13.9 Å². The molecule has 2 bridgehead atoms. The summed E-state index contributed by atoms with van der Waals surface area (Å²) in [4.78, 5) is 21.5. The van der Waals surface area contributed by atoms with Gasteiger partial charge in [0.25, 0.3) is 5.91 Å². The van der Waals surface area contributed by atoms with Crippen LogP contribution in [0.15, 0.2) is 48.9 Å². The van der Waals surface area contributed by atoms with E-state index < -0.39 is 5.82 Å². The van der Waals surface area contributed by atoms with E-state index in [-0.39, 0.29) is 31.0 Å². The zero-order chi connectivity index (χ0) is 22.2. The smallest absolute Gasteiger partial charge is 0.256 e. The van der Waals surface area contributed by atoms with Crippen LogP contribution >= 0.6 is 11.6 Å². The second-order valence-electron chi connectivity index (χ2n) is 7.45. The Balaban J connectivity index is 1.66. The lowest BCUT2D eigenvalue weighted by Gasteiger charge is -2.17. The molecule has 1 atom stereocenters. The Hall–Kier alpha value is -3.72. The van der Waals surface area contributed by atoms with E-state index in [4.69, 9.17) is 16.3 Å². The summed E-state index contributed by atoms with van der Waals surface area (Å²) in [5, 5.41) is 11.0. The molecule has 5 rings (SSSR count). The standard InChI is InChI=1S/C22H18ClFN6O2/c1-12-7-26-21(31)17-10-28-30-11-18(13-2-4-15(23)5-3-13)19(29-20(17)30)25-8-14-6-16(24)9-27-22(14)32-12/h2-6,9-12H,7-8H2,1H3,(H,25,29)(H,26,31). The number of rotatable bonds is 1. The van der Waals surface area contributed by atoms with Crippen molar-refractivity contribution >= 4 is 29.0 Å². The number of hydrogen-bond donors (Lipinski definition) is 2. The number of fused-ring (bicyclic) bond motifs is 2. The number of carbonyl (C=O) groups is 1. The van der Waals surface area contributed by atoms with Crippen molar-refractivity contribution in [2.45, 2.75) is 19.6 Å². The first-order valence-corrected chi connectivity index (χ1v) is 10.3. The predicted molar refractivity (Wildman–Crippen MR) is 117 cm³/mol. The average molecular weight is 453 g/mol. The molecule has 8 nitrogen and oxygen atoms in total. The van der Waals surface area contributed by atoms with Gasteiger partial charge in [-0.25, -0.2) is 18.9 Å². The molecule has 10 heteroatoms. The zero-order valence-corrected chi connectivity index (χ0v) is 17.7. The van der Waals surface area contributed by atoms with Gasteiger partial charge < -0.3 is 15.4 Å². The maximum absolute atomic E-state index is 13.9. The van der Waals surface area contributed by atoms with Crippen LogP contribution in [-0.2, 0) is 6.54 Å². The minimum atomic E-state index is -0.473. The number of hydrogen-bond acceptors (Lipinski definition) is 6. The van der Waals surface area contributed by atoms with Crippen LogP contribution in [0.25, 0.3) is 16.8 Å². The highest BCUT2D eigenvalue weighted by Crippen LogP contribution is 2.30. The van der Waals surface area contributed by atoms with Crippen molar-refractivity contribution in [3.05, 3.63) is 70.9 Å². The molecule has 162 valence electrons. The fourth-order valence-corrected chi connectivity index (χ4v) is 3.62. The molecule has 1 aliphatic rings. The molecule has 0 fully saturated rings. The lowest BCUT2D eigenvalue weighted by molar-refractivity contribution is 0.0932. The number of benzene rings is 1. The van der Waals surface area contributed by atoms with Crippen LogP contribution in [0.4, 0.5) is 10.2 Å². The first-order valence-electron chi connectivity index (χ1n) is 9.95. The van der Waals surface area contributed by atoms with Gasteiger partial charge in [0.2, 0.25) is 5.88 Å². The van der Waals surface area contributed by atoms with Crippen LogP contribution in [0.5, 0.6) is 5.88 Å². The van der Waals surface area contributed by atoms with Crippen LogP contribution in [0.2, 0.25) is 5.02 Å². The lowest BCUT2D eigenvalue weighted by atomic mass is 10.1. The number of amides is 1. The Kier molecular flexibility index (Phi) is 5.10. The highest BCUT2D eigenvalue weighted by molar-refractivity contribution is 6.30. The van der Waals surface area contributed by atoms with Crippen LogP contribution in [0, 0.1) is 5.82 Å². The number of pyridine rings is 1. The number of carbonyl (C=O) groups excluding carboxylic acids is 1. The molecule has 1 aliphatic heterocycles. The number of halogens is 2. The lowest BCUT2D eigenvalue weighted by Crippen LogP contribution is -2.33. The molecule has 0 aliphatic carbocycles. The molecular weight excluding hydrogens is 435 g/mol. The quantitative estimate of drug-likeness (QED) is 0.457. The average Bonchev–Trinajstić information content (AvgIpc) is 3.20. The maximum Gasteiger partial charge on any atom is 0.256 e. The largest absolute Gasteiger partial charge is 0.473 e. The van der Waals surface area contributed by atoms with Crippen molar-refractivity contribution in [2.75, 3.05) is 11.9 Å². The van der Waals surface area contributed by atoms with E-state index in [9.17, 15) is 9.18 Å². The summed E-state index contributed by atoms with van der Waals surface area (Å²) < 4.78 is 21.3. The molecule has 0 saturated carbocycles. The summed E-state index contributed by atoms with van der Waals surface area (Å²) in [6.07, 6.45) is 3.98. The number of aromatic nitrogens is 4. The fourth-order valence-electron chi connectivity index (χ4n) is 3.49. The van der Waals surface area contributed by atoms with Crippen LogP contribution in [-0.4, -0.2) is 38.1 Å². The summed E-state index contributed by atoms with van der Waals surface area (Å²) in [5.74, 6) is -0.00703. The molecule has 32 heavy (non-hydrogen) atoms. The van der Waals surface area contributed by atoms with E-state index in [2.05, 4.69) is 25.7 Å². The number of nitrogens with zero attached hydrogens (tertiary/aromatic N) is 4. The third kappa shape index (κ3) is 3.82. The van der Waals surface area contributed by atoms with Gasteiger partial charge in [-0.15, -0.1) is 0 Å². The van der Waals surface area contributed by atoms with E-state index in [0.29, 0.717) is 27.6 Å². The molecule has 1 amide bonds. The zero-order valence-electron chi connectivity index (χ0n) is 17.0. The van der Waals surface area contributed by atoms with Gasteiger partial charge in [-0.1, -0.05) is 23.7 Å². The van der Waals surface area contributed by atoms with E-state index in [0.717, 1.165) is 17.3 Å². The van der Waals surface area contributed by atoms with Gasteiger partial charge in [0.1, 0.15) is 23.3 Å².